The zero-order valence-electron chi connectivity index (χ0n) is 14.5. The van der Waals surface area contributed by atoms with Crippen LogP contribution in [0, 0.1) is 0 Å². The van der Waals surface area contributed by atoms with Crippen molar-refractivity contribution in [2.45, 2.75) is 4.90 Å². The smallest absolute Gasteiger partial charge is 0.339 e. The van der Waals surface area contributed by atoms with Gasteiger partial charge in [-0.2, -0.15) is 8.42 Å². The van der Waals surface area contributed by atoms with E-state index in [1.807, 2.05) is 0 Å². The number of benzene rings is 3. The molecule has 0 aliphatic rings. The van der Waals surface area contributed by atoms with E-state index in [9.17, 15) is 16.8 Å². The number of sulfonamides is 1. The lowest BCUT2D eigenvalue weighted by atomic mass is 10.1. The minimum Gasteiger partial charge on any atom is -0.496 e. The molecule has 0 atom stereocenters. The van der Waals surface area contributed by atoms with Gasteiger partial charge in [-0.15, -0.1) is 0 Å². The molecule has 3 aromatic carbocycles. The third-order valence-electron chi connectivity index (χ3n) is 3.70. The Morgan fingerprint density at radius 3 is 2.04 bits per heavy atom. The van der Waals surface area contributed by atoms with E-state index < -0.39 is 20.1 Å². The van der Waals surface area contributed by atoms with Gasteiger partial charge in [-0.3, -0.25) is 4.72 Å². The number of methoxy groups -OCH3 is 1. The van der Waals surface area contributed by atoms with Gasteiger partial charge in [-0.25, -0.2) is 8.42 Å². The Labute approximate surface area is 157 Å². The first-order valence-electron chi connectivity index (χ1n) is 7.78. The molecular formula is C18H17NO6S2. The quantitative estimate of drug-likeness (QED) is 0.631. The van der Waals surface area contributed by atoms with Gasteiger partial charge in [0.2, 0.25) is 10.0 Å². The largest absolute Gasteiger partial charge is 0.496 e. The Hall–Kier alpha value is -2.78. The highest BCUT2D eigenvalue weighted by atomic mass is 32.2. The summed E-state index contributed by atoms with van der Waals surface area (Å²) >= 11 is 0. The maximum atomic E-state index is 12.8. The Morgan fingerprint density at radius 1 is 0.815 bits per heavy atom. The first-order chi connectivity index (χ1) is 12.7. The topological polar surface area (TPSA) is 98.8 Å². The lowest BCUT2D eigenvalue weighted by Crippen LogP contribution is -2.11. The molecule has 1 N–H and O–H groups in total. The molecule has 0 radical (unpaired) electrons. The van der Waals surface area contributed by atoms with E-state index in [1.165, 1.54) is 37.4 Å². The van der Waals surface area contributed by atoms with E-state index in [4.69, 9.17) is 8.92 Å². The van der Waals surface area contributed by atoms with Gasteiger partial charge in [0.25, 0.3) is 0 Å². The molecule has 0 fully saturated rings. The van der Waals surface area contributed by atoms with Crippen molar-refractivity contribution in [2.24, 2.45) is 0 Å². The fourth-order valence-corrected chi connectivity index (χ4v) is 4.30. The predicted molar refractivity (Wildman–Crippen MR) is 103 cm³/mol. The van der Waals surface area contributed by atoms with Crippen LogP contribution in [0.15, 0.2) is 65.6 Å². The molecule has 0 unspecified atom stereocenters. The lowest BCUT2D eigenvalue weighted by molar-refractivity contribution is 0.419. The van der Waals surface area contributed by atoms with Crippen LogP contribution in [0.3, 0.4) is 0 Å². The van der Waals surface area contributed by atoms with Crippen molar-refractivity contribution in [3.63, 3.8) is 0 Å². The van der Waals surface area contributed by atoms with Crippen LogP contribution in [0.2, 0.25) is 0 Å². The van der Waals surface area contributed by atoms with Crippen LogP contribution in [-0.2, 0) is 20.1 Å². The van der Waals surface area contributed by atoms with Crippen LogP contribution in [0.4, 0.5) is 5.69 Å². The van der Waals surface area contributed by atoms with Gasteiger partial charge in [0.1, 0.15) is 16.4 Å². The average molecular weight is 407 g/mol. The first-order valence-corrected chi connectivity index (χ1v) is 11.1. The Morgan fingerprint density at radius 2 is 1.44 bits per heavy atom. The average Bonchev–Trinajstić information content (AvgIpc) is 2.61. The number of anilines is 1. The van der Waals surface area contributed by atoms with Gasteiger partial charge >= 0.3 is 10.1 Å². The molecule has 0 heterocycles. The standard InChI is InChI=1S/C18H17NO6S2/c1-24-17-11-12-18(16-6-4-3-5-15(16)17)27(22,23)25-14-9-7-13(8-10-14)19-26(2,20)21/h3-12,19H,1-2H3. The van der Waals surface area contributed by atoms with Gasteiger partial charge < -0.3 is 8.92 Å². The molecule has 0 aliphatic carbocycles. The van der Waals surface area contributed by atoms with Crippen molar-refractivity contribution in [3.8, 4) is 11.5 Å². The van der Waals surface area contributed by atoms with Crippen LogP contribution in [0.5, 0.6) is 11.5 Å². The number of ether oxygens (including phenoxy) is 1. The second kappa shape index (κ2) is 7.09. The summed E-state index contributed by atoms with van der Waals surface area (Å²) in [6.07, 6.45) is 1.02. The molecule has 0 bridgehead atoms. The Balaban J connectivity index is 1.95. The van der Waals surface area contributed by atoms with Crippen molar-refractivity contribution >= 4 is 36.6 Å². The van der Waals surface area contributed by atoms with E-state index in [1.54, 1.807) is 30.3 Å². The highest BCUT2D eigenvalue weighted by Crippen LogP contribution is 2.32. The van der Waals surface area contributed by atoms with Crippen molar-refractivity contribution in [3.05, 3.63) is 60.7 Å². The number of nitrogens with one attached hydrogen (secondary N) is 1. The summed E-state index contributed by atoms with van der Waals surface area (Å²) in [4.78, 5) is 0.0113. The Bertz CT molecular complexity index is 1190. The highest BCUT2D eigenvalue weighted by Gasteiger charge is 2.21. The van der Waals surface area contributed by atoms with Gasteiger partial charge in [-0.05, 0) is 36.4 Å². The molecule has 27 heavy (non-hydrogen) atoms. The first kappa shape index (κ1) is 19.0. The number of fused-ring (bicyclic) bond motifs is 1. The SMILES string of the molecule is COc1ccc(S(=O)(=O)Oc2ccc(NS(C)(=O)=O)cc2)c2ccccc12. The van der Waals surface area contributed by atoms with Gasteiger partial charge in [0.15, 0.2) is 0 Å². The maximum Gasteiger partial charge on any atom is 0.339 e. The molecule has 142 valence electrons. The highest BCUT2D eigenvalue weighted by molar-refractivity contribution is 7.92. The fraction of sp³-hybridized carbons (Fsp3) is 0.111. The molecule has 3 rings (SSSR count). The number of hydrogen-bond acceptors (Lipinski definition) is 6. The van der Waals surface area contributed by atoms with Crippen LogP contribution in [0.1, 0.15) is 0 Å². The molecule has 7 nitrogen and oxygen atoms in total. The third-order valence-corrected chi connectivity index (χ3v) is 5.61. The van der Waals surface area contributed by atoms with Crippen LogP contribution >= 0.6 is 0 Å². The van der Waals surface area contributed by atoms with Crippen LogP contribution in [-0.4, -0.2) is 30.2 Å². The van der Waals surface area contributed by atoms with Crippen molar-refractivity contribution in [1.82, 2.24) is 0 Å². The Kier molecular flexibility index (Phi) is 4.99. The summed E-state index contributed by atoms with van der Waals surface area (Å²) in [6, 6.07) is 15.5. The van der Waals surface area contributed by atoms with Gasteiger partial charge in [-0.1, -0.05) is 24.3 Å². The van der Waals surface area contributed by atoms with Crippen molar-refractivity contribution in [2.75, 3.05) is 18.1 Å². The molecule has 3 aromatic rings. The summed E-state index contributed by atoms with van der Waals surface area (Å²) < 4.78 is 60.7. The minimum atomic E-state index is -4.11. The lowest BCUT2D eigenvalue weighted by Gasteiger charge is -2.12. The van der Waals surface area contributed by atoms with E-state index in [0.717, 1.165) is 6.26 Å². The minimum absolute atomic E-state index is 0.0113. The van der Waals surface area contributed by atoms with Crippen LogP contribution in [0.25, 0.3) is 10.8 Å². The summed E-state index contributed by atoms with van der Waals surface area (Å²) in [7, 11) is -6.01. The maximum absolute atomic E-state index is 12.8. The fourth-order valence-electron chi connectivity index (χ4n) is 2.60. The number of rotatable bonds is 6. The van der Waals surface area contributed by atoms with E-state index in [-0.39, 0.29) is 10.6 Å². The van der Waals surface area contributed by atoms with E-state index >= 15 is 0 Å². The van der Waals surface area contributed by atoms with Gasteiger partial charge in [0, 0.05) is 16.5 Å². The predicted octanol–water partition coefficient (Wildman–Crippen LogP) is 2.99. The second-order valence-electron chi connectivity index (χ2n) is 5.75. The molecule has 0 aliphatic heterocycles. The van der Waals surface area contributed by atoms with Gasteiger partial charge in [0.05, 0.1) is 13.4 Å². The third kappa shape index (κ3) is 4.32. The summed E-state index contributed by atoms with van der Waals surface area (Å²) in [6.45, 7) is 0. The molecule has 0 amide bonds. The van der Waals surface area contributed by atoms with E-state index in [2.05, 4.69) is 4.72 Å². The van der Waals surface area contributed by atoms with Crippen molar-refractivity contribution in [1.29, 1.82) is 0 Å². The molecular weight excluding hydrogens is 390 g/mol. The number of hydrogen-bond donors (Lipinski definition) is 1. The summed E-state index contributed by atoms with van der Waals surface area (Å²) in [5.74, 6) is 0.620. The monoisotopic (exact) mass is 407 g/mol. The molecule has 0 spiro atoms. The van der Waals surface area contributed by atoms with Crippen LogP contribution < -0.4 is 13.6 Å². The summed E-state index contributed by atoms with van der Waals surface area (Å²) in [5, 5.41) is 1.13. The second-order valence-corrected chi connectivity index (χ2v) is 9.01. The normalized spacial score (nSPS) is 11.9. The molecule has 0 aromatic heterocycles. The van der Waals surface area contributed by atoms with Crippen molar-refractivity contribution < 1.29 is 25.8 Å². The zero-order valence-corrected chi connectivity index (χ0v) is 16.2. The molecule has 0 saturated heterocycles. The zero-order chi connectivity index (χ0) is 19.7. The molecule has 9 heteroatoms. The summed E-state index contributed by atoms with van der Waals surface area (Å²) in [5.41, 5.74) is 0.303. The van der Waals surface area contributed by atoms with E-state index in [0.29, 0.717) is 22.2 Å². The molecule has 0 saturated carbocycles.